The van der Waals surface area contributed by atoms with Crippen molar-refractivity contribution >= 4 is 19.8 Å². The summed E-state index contributed by atoms with van der Waals surface area (Å²) in [5.41, 5.74) is 0. The summed E-state index contributed by atoms with van der Waals surface area (Å²) < 4.78 is 34.0. The molecule has 0 aliphatic heterocycles. The highest BCUT2D eigenvalue weighted by Gasteiger charge is 2.21. The van der Waals surface area contributed by atoms with Gasteiger partial charge >= 0.3 is 11.9 Å². The second kappa shape index (κ2) is 40.4. The minimum atomic E-state index is -4.62. The Hall–Kier alpha value is -0.990. The van der Waals surface area contributed by atoms with Gasteiger partial charge in [-0.1, -0.05) is 213 Å². The number of nitrogens with zero attached hydrogens (tertiary/aromatic N) is 1. The Morgan fingerprint density at radius 1 is 0.474 bits per heavy atom. The topological polar surface area (TPSA) is 111 Å². The highest BCUT2D eigenvalue weighted by atomic mass is 31.2. The van der Waals surface area contributed by atoms with Gasteiger partial charge in [-0.3, -0.25) is 14.2 Å². The van der Waals surface area contributed by atoms with E-state index in [-0.39, 0.29) is 32.0 Å². The molecule has 2 atom stereocenters. The Morgan fingerprint density at radius 3 is 1.12 bits per heavy atom. The Labute approximate surface area is 353 Å². The van der Waals surface area contributed by atoms with Gasteiger partial charge in [0.2, 0.25) is 0 Å². The summed E-state index contributed by atoms with van der Waals surface area (Å²) >= 11 is 0. The van der Waals surface area contributed by atoms with E-state index in [0.29, 0.717) is 17.4 Å². The van der Waals surface area contributed by atoms with Crippen molar-refractivity contribution in [1.29, 1.82) is 0 Å². The zero-order valence-corrected chi connectivity index (χ0v) is 39.2. The lowest BCUT2D eigenvalue weighted by Gasteiger charge is -2.28. The van der Waals surface area contributed by atoms with Crippen molar-refractivity contribution in [3.8, 4) is 0 Å². The van der Waals surface area contributed by atoms with E-state index in [4.69, 9.17) is 18.5 Å². The van der Waals surface area contributed by atoms with Crippen molar-refractivity contribution in [2.75, 3.05) is 47.5 Å². The molecule has 0 aliphatic carbocycles. The SMILES string of the molecule is CCCCCCCCCCCCCCCCCCCCCC(=O)OCC(COP(=O)([O-])OCC[N+](C)(C)C)OC(=O)CCCCCCCCCCCCCCCC. The van der Waals surface area contributed by atoms with Crippen LogP contribution in [0.1, 0.15) is 239 Å². The maximum absolute atomic E-state index is 12.7. The van der Waals surface area contributed by atoms with Crippen molar-refractivity contribution in [3.63, 3.8) is 0 Å². The molecule has 340 valence electrons. The molecule has 57 heavy (non-hydrogen) atoms. The Balaban J connectivity index is 4.22. The van der Waals surface area contributed by atoms with Crippen molar-refractivity contribution < 1.29 is 42.1 Å². The number of phosphoric acid groups is 1. The van der Waals surface area contributed by atoms with E-state index in [0.717, 1.165) is 32.1 Å². The van der Waals surface area contributed by atoms with Crippen LogP contribution in [-0.4, -0.2) is 70.0 Å². The predicted octanol–water partition coefficient (Wildman–Crippen LogP) is 13.3. The lowest BCUT2D eigenvalue weighted by Crippen LogP contribution is -2.37. The van der Waals surface area contributed by atoms with Crippen LogP contribution in [0.3, 0.4) is 0 Å². The molecule has 0 aromatic rings. The molecule has 0 bridgehead atoms. The largest absolute Gasteiger partial charge is 0.756 e. The monoisotopic (exact) mass is 832 g/mol. The van der Waals surface area contributed by atoms with E-state index in [1.54, 1.807) is 0 Å². The number of likely N-dealkylation sites (N-methyl/N-ethyl adjacent to an activating group) is 1. The molecular formula is C47H94NO8P. The second-order valence-electron chi connectivity index (χ2n) is 17.8. The number of rotatable bonds is 45. The molecule has 0 radical (unpaired) electrons. The van der Waals surface area contributed by atoms with E-state index in [9.17, 15) is 19.0 Å². The van der Waals surface area contributed by atoms with Crippen LogP contribution < -0.4 is 4.89 Å². The number of phosphoric ester groups is 1. The van der Waals surface area contributed by atoms with Crippen LogP contribution in [-0.2, 0) is 32.7 Å². The van der Waals surface area contributed by atoms with E-state index >= 15 is 0 Å². The molecule has 0 N–H and O–H groups in total. The average molecular weight is 832 g/mol. The van der Waals surface area contributed by atoms with Gasteiger partial charge in [0.1, 0.15) is 19.8 Å². The first-order chi connectivity index (χ1) is 27.5. The molecule has 9 nitrogen and oxygen atoms in total. The molecule has 0 amide bonds. The fourth-order valence-electron chi connectivity index (χ4n) is 7.07. The minimum Gasteiger partial charge on any atom is -0.756 e. The first-order valence-corrected chi connectivity index (χ1v) is 25.7. The fraction of sp³-hybridized carbons (Fsp3) is 0.957. The molecule has 0 saturated carbocycles. The van der Waals surface area contributed by atoms with Crippen molar-refractivity contribution in [2.45, 2.75) is 245 Å². The Morgan fingerprint density at radius 2 is 0.789 bits per heavy atom. The summed E-state index contributed by atoms with van der Waals surface area (Å²) in [7, 11) is 1.18. The Kier molecular flexibility index (Phi) is 39.7. The quantitative estimate of drug-likeness (QED) is 0.0258. The zero-order valence-electron chi connectivity index (χ0n) is 38.3. The number of ether oxygens (including phenoxy) is 2. The van der Waals surface area contributed by atoms with E-state index in [2.05, 4.69) is 13.8 Å². The van der Waals surface area contributed by atoms with Crippen molar-refractivity contribution in [3.05, 3.63) is 0 Å². The van der Waals surface area contributed by atoms with Crippen LogP contribution in [0.2, 0.25) is 0 Å². The predicted molar refractivity (Wildman–Crippen MR) is 236 cm³/mol. The third kappa shape index (κ3) is 44.4. The van der Waals surface area contributed by atoms with Gasteiger partial charge in [-0.05, 0) is 12.8 Å². The van der Waals surface area contributed by atoms with E-state index in [1.807, 2.05) is 21.1 Å². The molecule has 0 saturated heterocycles. The Bertz CT molecular complexity index is 943. The molecule has 0 spiro atoms. The third-order valence-electron chi connectivity index (χ3n) is 10.9. The summed E-state index contributed by atoms with van der Waals surface area (Å²) in [6.07, 6.45) is 41.2. The first kappa shape index (κ1) is 56.0. The maximum Gasteiger partial charge on any atom is 0.306 e. The summed E-state index contributed by atoms with van der Waals surface area (Å²) in [6, 6.07) is 0. The number of quaternary nitrogens is 1. The van der Waals surface area contributed by atoms with E-state index < -0.39 is 26.5 Å². The number of esters is 2. The molecule has 0 heterocycles. The van der Waals surface area contributed by atoms with Gasteiger partial charge < -0.3 is 27.9 Å². The number of unbranched alkanes of at least 4 members (excludes halogenated alkanes) is 31. The van der Waals surface area contributed by atoms with Crippen LogP contribution in [0.25, 0.3) is 0 Å². The summed E-state index contributed by atoms with van der Waals surface area (Å²) in [6.45, 7) is 4.28. The van der Waals surface area contributed by atoms with Crippen molar-refractivity contribution in [1.82, 2.24) is 0 Å². The molecule has 10 heteroatoms. The fourth-order valence-corrected chi connectivity index (χ4v) is 7.80. The lowest BCUT2D eigenvalue weighted by atomic mass is 10.0. The van der Waals surface area contributed by atoms with Gasteiger partial charge in [0.15, 0.2) is 6.10 Å². The summed E-state index contributed by atoms with van der Waals surface area (Å²) in [5.74, 6) is -0.816. The molecule has 0 aromatic carbocycles. The first-order valence-electron chi connectivity index (χ1n) is 24.2. The molecule has 0 fully saturated rings. The maximum atomic E-state index is 12.7. The molecule has 0 aromatic heterocycles. The van der Waals surface area contributed by atoms with Crippen LogP contribution in [0, 0.1) is 0 Å². The second-order valence-corrected chi connectivity index (χ2v) is 19.3. The van der Waals surface area contributed by atoms with Gasteiger partial charge in [0.25, 0.3) is 7.82 Å². The van der Waals surface area contributed by atoms with Crippen LogP contribution in [0.4, 0.5) is 0 Å². The zero-order chi connectivity index (χ0) is 42.1. The van der Waals surface area contributed by atoms with Gasteiger partial charge in [0.05, 0.1) is 27.7 Å². The molecule has 2 unspecified atom stereocenters. The van der Waals surface area contributed by atoms with Crippen LogP contribution >= 0.6 is 7.82 Å². The van der Waals surface area contributed by atoms with Gasteiger partial charge in [-0.15, -0.1) is 0 Å². The lowest BCUT2D eigenvalue weighted by molar-refractivity contribution is -0.870. The summed E-state index contributed by atoms with van der Waals surface area (Å²) in [5, 5.41) is 0. The van der Waals surface area contributed by atoms with Gasteiger partial charge in [-0.2, -0.15) is 0 Å². The number of hydrogen-bond acceptors (Lipinski definition) is 8. The van der Waals surface area contributed by atoms with Crippen molar-refractivity contribution in [2.24, 2.45) is 0 Å². The van der Waals surface area contributed by atoms with E-state index in [1.165, 1.54) is 173 Å². The van der Waals surface area contributed by atoms with Crippen LogP contribution in [0.5, 0.6) is 0 Å². The number of hydrogen-bond donors (Lipinski definition) is 0. The van der Waals surface area contributed by atoms with Gasteiger partial charge in [0, 0.05) is 12.8 Å². The number of carbonyl (C=O) groups excluding carboxylic acids is 2. The average Bonchev–Trinajstić information content (AvgIpc) is 3.16. The smallest absolute Gasteiger partial charge is 0.306 e. The normalized spacial score (nSPS) is 13.4. The molecule has 0 aliphatic rings. The minimum absolute atomic E-state index is 0.0255. The highest BCUT2D eigenvalue weighted by Crippen LogP contribution is 2.38. The molecular weight excluding hydrogens is 737 g/mol. The molecule has 0 rings (SSSR count). The standard InChI is InChI=1S/C47H94NO8P/c1-6-8-10-12-14-16-18-20-22-23-24-25-26-28-29-31-33-35-37-39-46(49)53-43-45(44-55-57(51,52)54-42-41-48(3,4)5)56-47(50)40-38-36-34-32-30-27-21-19-17-15-13-11-9-7-2/h45H,6-44H2,1-5H3. The van der Waals surface area contributed by atoms with Gasteiger partial charge in [-0.25, -0.2) is 0 Å². The number of carbonyl (C=O) groups is 2. The van der Waals surface area contributed by atoms with Crippen LogP contribution in [0.15, 0.2) is 0 Å². The third-order valence-corrected chi connectivity index (χ3v) is 11.8. The highest BCUT2D eigenvalue weighted by molar-refractivity contribution is 7.45. The summed E-state index contributed by atoms with van der Waals surface area (Å²) in [4.78, 5) is 37.6.